The topological polar surface area (TPSA) is 12.0 Å². The fourth-order valence-electron chi connectivity index (χ4n) is 3.60. The molecule has 0 saturated heterocycles. The van der Waals surface area contributed by atoms with Gasteiger partial charge in [-0.3, -0.25) is 0 Å². The third-order valence-electron chi connectivity index (χ3n) is 4.68. The van der Waals surface area contributed by atoms with E-state index in [2.05, 4.69) is 53.5 Å². The van der Waals surface area contributed by atoms with E-state index in [0.717, 1.165) is 11.8 Å². The number of halogens is 1. The number of rotatable bonds is 4. The van der Waals surface area contributed by atoms with Gasteiger partial charge in [-0.1, -0.05) is 0 Å². The second-order valence-corrected chi connectivity index (χ2v) is 9.49. The van der Waals surface area contributed by atoms with Crippen LogP contribution in [0.15, 0.2) is 15.9 Å². The summed E-state index contributed by atoms with van der Waals surface area (Å²) in [7, 11) is 0. The molecule has 3 heteroatoms. The van der Waals surface area contributed by atoms with E-state index in [-0.39, 0.29) is 5.54 Å². The summed E-state index contributed by atoms with van der Waals surface area (Å²) >= 11 is 5.61. The van der Waals surface area contributed by atoms with Crippen LogP contribution < -0.4 is 5.32 Å². The molecule has 2 aliphatic carbocycles. The molecule has 2 atom stereocenters. The summed E-state index contributed by atoms with van der Waals surface area (Å²) in [6.07, 6.45) is 5.63. The van der Waals surface area contributed by atoms with E-state index < -0.39 is 0 Å². The molecule has 1 N–H and O–H groups in total. The van der Waals surface area contributed by atoms with E-state index in [9.17, 15) is 0 Å². The van der Waals surface area contributed by atoms with Gasteiger partial charge in [0.1, 0.15) is 0 Å². The largest absolute Gasteiger partial charge is 0.312 e. The normalized spacial score (nSPS) is 33.5. The van der Waals surface area contributed by atoms with Gasteiger partial charge in [-0.2, -0.15) is 0 Å². The van der Waals surface area contributed by atoms with Crippen LogP contribution in [-0.4, -0.2) is 12.1 Å². The molecule has 1 aromatic heterocycles. The number of thiophene rings is 1. The van der Waals surface area contributed by atoms with Crippen LogP contribution in [0.2, 0.25) is 0 Å². The predicted molar refractivity (Wildman–Crippen MR) is 86.7 cm³/mol. The molecular weight excluding hydrogens is 318 g/mol. The molecule has 1 heterocycles. The molecule has 0 amide bonds. The van der Waals surface area contributed by atoms with Crippen LogP contribution in [-0.2, 0) is 6.42 Å². The molecule has 106 valence electrons. The van der Waals surface area contributed by atoms with Gasteiger partial charge in [-0.25, -0.2) is 0 Å². The lowest BCUT2D eigenvalue weighted by Crippen LogP contribution is -2.44. The van der Waals surface area contributed by atoms with Gasteiger partial charge in [-0.05, 0) is 91.1 Å². The van der Waals surface area contributed by atoms with E-state index in [1.165, 1.54) is 41.6 Å². The van der Waals surface area contributed by atoms with Crippen LogP contribution in [0, 0.1) is 17.3 Å². The van der Waals surface area contributed by atoms with Gasteiger partial charge in [-0.15, -0.1) is 11.3 Å². The Balaban J connectivity index is 1.72. The van der Waals surface area contributed by atoms with Crippen molar-refractivity contribution >= 4 is 27.3 Å². The van der Waals surface area contributed by atoms with E-state index in [0.29, 0.717) is 5.41 Å². The summed E-state index contributed by atoms with van der Waals surface area (Å²) in [6, 6.07) is 2.20. The van der Waals surface area contributed by atoms with Crippen LogP contribution in [0.3, 0.4) is 0 Å². The first-order valence-electron chi connectivity index (χ1n) is 7.34. The van der Waals surface area contributed by atoms with E-state index in [1.54, 1.807) is 0 Å². The number of fused-ring (bicyclic) bond motifs is 1. The van der Waals surface area contributed by atoms with Gasteiger partial charge in [0.15, 0.2) is 0 Å². The summed E-state index contributed by atoms with van der Waals surface area (Å²) < 4.78 is 1.31. The highest BCUT2D eigenvalue weighted by molar-refractivity contribution is 9.10. The molecule has 0 bridgehead atoms. The maximum atomic E-state index is 3.77. The minimum Gasteiger partial charge on any atom is -0.312 e. The first-order valence-corrected chi connectivity index (χ1v) is 9.01. The predicted octanol–water partition coefficient (Wildman–Crippen LogP) is 4.86. The fraction of sp³-hybridized carbons (Fsp3) is 0.750. The van der Waals surface area contributed by atoms with E-state index in [1.807, 2.05) is 11.3 Å². The average Bonchev–Trinajstić information content (AvgIpc) is 2.73. The molecule has 1 nitrogen and oxygen atoms in total. The number of hydrogen-bond acceptors (Lipinski definition) is 2. The fourth-order valence-corrected chi connectivity index (χ4v) is 5.27. The quantitative estimate of drug-likeness (QED) is 0.824. The summed E-state index contributed by atoms with van der Waals surface area (Å²) in [4.78, 5) is 1.54. The zero-order valence-electron chi connectivity index (χ0n) is 12.1. The Morgan fingerprint density at radius 3 is 2.58 bits per heavy atom. The summed E-state index contributed by atoms with van der Waals surface area (Å²) in [6.45, 7) is 8.00. The van der Waals surface area contributed by atoms with Crippen LogP contribution in [0.4, 0.5) is 0 Å². The van der Waals surface area contributed by atoms with Crippen molar-refractivity contribution in [1.82, 2.24) is 5.32 Å². The molecule has 3 rings (SSSR count). The molecule has 2 unspecified atom stereocenters. The summed E-state index contributed by atoms with van der Waals surface area (Å²) in [5.41, 5.74) is 0.737. The Kier molecular flexibility index (Phi) is 3.60. The van der Waals surface area contributed by atoms with Gasteiger partial charge in [0.05, 0.1) is 0 Å². The van der Waals surface area contributed by atoms with Gasteiger partial charge in [0, 0.05) is 21.4 Å². The second-order valence-electron chi connectivity index (χ2n) is 7.64. The Morgan fingerprint density at radius 1 is 1.37 bits per heavy atom. The lowest BCUT2D eigenvalue weighted by atomic mass is 9.78. The molecular formula is C16H24BrNS. The standard InChI is InChI=1S/C16H24BrNS/c1-15(2,3)18-10-16(7-11-6-12(11)8-16)9-14-13(17)4-5-19-14/h4-5,11-12,18H,6-10H2,1-3H3. The monoisotopic (exact) mass is 341 g/mol. The molecule has 0 aromatic carbocycles. The van der Waals surface area contributed by atoms with Crippen LogP contribution in [0.5, 0.6) is 0 Å². The Morgan fingerprint density at radius 2 is 2.05 bits per heavy atom. The van der Waals surface area contributed by atoms with Crippen molar-refractivity contribution in [3.05, 3.63) is 20.8 Å². The Labute approximate surface area is 129 Å². The Bertz CT molecular complexity index is 450. The van der Waals surface area contributed by atoms with E-state index in [4.69, 9.17) is 0 Å². The molecule has 0 spiro atoms. The highest BCUT2D eigenvalue weighted by Gasteiger charge is 2.53. The van der Waals surface area contributed by atoms with Crippen molar-refractivity contribution in [3.8, 4) is 0 Å². The highest BCUT2D eigenvalue weighted by Crippen LogP contribution is 2.61. The maximum Gasteiger partial charge on any atom is 0.0314 e. The zero-order chi connectivity index (χ0) is 13.7. The van der Waals surface area contributed by atoms with Gasteiger partial charge in [0.25, 0.3) is 0 Å². The molecule has 1 aromatic rings. The minimum absolute atomic E-state index is 0.229. The molecule has 2 fully saturated rings. The van der Waals surface area contributed by atoms with Crippen molar-refractivity contribution in [2.75, 3.05) is 6.54 Å². The van der Waals surface area contributed by atoms with Crippen LogP contribution in [0.1, 0.15) is 44.9 Å². The third kappa shape index (κ3) is 3.25. The first-order chi connectivity index (χ1) is 8.87. The van der Waals surface area contributed by atoms with Gasteiger partial charge < -0.3 is 5.32 Å². The Hall–Kier alpha value is 0.140. The number of hydrogen-bond donors (Lipinski definition) is 1. The lowest BCUT2D eigenvalue weighted by Gasteiger charge is -2.35. The lowest BCUT2D eigenvalue weighted by molar-refractivity contribution is 0.223. The zero-order valence-corrected chi connectivity index (χ0v) is 14.5. The molecule has 0 radical (unpaired) electrons. The molecule has 2 saturated carbocycles. The van der Waals surface area contributed by atoms with Crippen LogP contribution in [0.25, 0.3) is 0 Å². The maximum absolute atomic E-state index is 3.77. The summed E-state index contributed by atoms with van der Waals surface area (Å²) in [5.74, 6) is 2.08. The van der Waals surface area contributed by atoms with Gasteiger partial charge >= 0.3 is 0 Å². The highest BCUT2D eigenvalue weighted by atomic mass is 79.9. The second kappa shape index (κ2) is 4.85. The van der Waals surface area contributed by atoms with Crippen LogP contribution >= 0.6 is 27.3 Å². The van der Waals surface area contributed by atoms with Crippen molar-refractivity contribution < 1.29 is 0 Å². The van der Waals surface area contributed by atoms with Crippen molar-refractivity contribution in [1.29, 1.82) is 0 Å². The molecule has 0 aliphatic heterocycles. The smallest absolute Gasteiger partial charge is 0.0314 e. The van der Waals surface area contributed by atoms with Gasteiger partial charge in [0.2, 0.25) is 0 Å². The molecule has 19 heavy (non-hydrogen) atoms. The van der Waals surface area contributed by atoms with Crippen molar-refractivity contribution in [3.63, 3.8) is 0 Å². The molecule has 2 aliphatic rings. The summed E-state index contributed by atoms with van der Waals surface area (Å²) in [5, 5.41) is 5.98. The third-order valence-corrected chi connectivity index (χ3v) is 6.61. The average molecular weight is 342 g/mol. The SMILES string of the molecule is CC(C)(C)NCC1(Cc2sccc2Br)CC2CC2C1. The minimum atomic E-state index is 0.229. The van der Waals surface area contributed by atoms with Crippen molar-refractivity contribution in [2.45, 2.75) is 52.0 Å². The first kappa shape index (κ1) is 14.1. The van der Waals surface area contributed by atoms with E-state index >= 15 is 0 Å². The van der Waals surface area contributed by atoms with Crippen molar-refractivity contribution in [2.24, 2.45) is 17.3 Å². The number of nitrogens with one attached hydrogen (secondary N) is 1.